The minimum Gasteiger partial charge on any atom is -0.282 e. The van der Waals surface area contributed by atoms with E-state index in [0.717, 1.165) is 12.2 Å². The molecular formula is C12H18OS4. The third-order valence-corrected chi connectivity index (χ3v) is 6.99. The minimum absolute atomic E-state index is 0.0798. The highest BCUT2D eigenvalue weighted by Gasteiger charge is 2.13. The van der Waals surface area contributed by atoms with E-state index in [1.807, 2.05) is 35.3 Å². The fourth-order valence-corrected chi connectivity index (χ4v) is 5.58. The van der Waals surface area contributed by atoms with Crippen LogP contribution in [0.2, 0.25) is 0 Å². The lowest BCUT2D eigenvalue weighted by atomic mass is 10.3. The molecule has 1 aliphatic rings. The summed E-state index contributed by atoms with van der Waals surface area (Å²) in [5.74, 6) is 1.02. The normalized spacial score (nSPS) is 18.6. The molecule has 0 amide bonds. The van der Waals surface area contributed by atoms with Crippen LogP contribution in [-0.2, 0) is 4.79 Å². The van der Waals surface area contributed by atoms with Crippen molar-refractivity contribution in [3.63, 3.8) is 0 Å². The molecule has 0 N–H and O–H groups in total. The van der Waals surface area contributed by atoms with Crippen LogP contribution in [0.4, 0.5) is 0 Å². The van der Waals surface area contributed by atoms with Gasteiger partial charge in [-0.2, -0.15) is 11.8 Å². The molecule has 0 aromatic carbocycles. The Morgan fingerprint density at radius 1 is 1.59 bits per heavy atom. The molecule has 2 atom stereocenters. The van der Waals surface area contributed by atoms with E-state index in [-0.39, 0.29) is 5.12 Å². The Morgan fingerprint density at radius 2 is 2.35 bits per heavy atom. The van der Waals surface area contributed by atoms with Crippen molar-refractivity contribution in [2.45, 2.75) is 30.8 Å². The molecule has 5 heteroatoms. The fourth-order valence-electron chi connectivity index (χ4n) is 1.30. The Balaban J connectivity index is 2.16. The van der Waals surface area contributed by atoms with Crippen molar-refractivity contribution in [1.82, 2.24) is 0 Å². The van der Waals surface area contributed by atoms with Gasteiger partial charge in [-0.15, -0.1) is 23.5 Å². The molecule has 0 spiro atoms. The average Bonchev–Trinajstić information content (AvgIpc) is 2.79. The number of carbonyl (C=O) groups is 1. The number of hydrogen-bond acceptors (Lipinski definition) is 5. The van der Waals surface area contributed by atoms with Gasteiger partial charge in [-0.25, -0.2) is 0 Å². The third kappa shape index (κ3) is 6.89. The molecule has 1 aliphatic heterocycles. The number of carbonyl (C=O) groups excluding carboxylic acids is 1. The summed E-state index contributed by atoms with van der Waals surface area (Å²) in [4.78, 5) is 12.7. The lowest BCUT2D eigenvalue weighted by Gasteiger charge is -2.14. The Bertz CT molecular complexity index is 301. The Labute approximate surface area is 121 Å². The molecule has 0 saturated carbocycles. The summed E-state index contributed by atoms with van der Waals surface area (Å²) in [6.45, 7) is 7.86. The van der Waals surface area contributed by atoms with E-state index < -0.39 is 0 Å². The molecule has 0 aliphatic carbocycles. The average molecular weight is 307 g/mol. The van der Waals surface area contributed by atoms with E-state index in [0.29, 0.717) is 10.5 Å². The summed E-state index contributed by atoms with van der Waals surface area (Å²) in [6.07, 6.45) is 2.56. The minimum atomic E-state index is 0.0798. The molecule has 0 aromatic heterocycles. The summed E-state index contributed by atoms with van der Waals surface area (Å²) in [5.41, 5.74) is 0. The lowest BCUT2D eigenvalue weighted by molar-refractivity contribution is -0.107. The van der Waals surface area contributed by atoms with Gasteiger partial charge < -0.3 is 0 Å². The molecule has 0 bridgehead atoms. The van der Waals surface area contributed by atoms with Crippen molar-refractivity contribution < 1.29 is 4.79 Å². The molecule has 2 unspecified atom stereocenters. The second kappa shape index (κ2) is 8.62. The fraction of sp³-hybridized carbons (Fsp3) is 0.583. The van der Waals surface area contributed by atoms with Crippen LogP contribution in [-0.4, -0.2) is 26.5 Å². The predicted octanol–water partition coefficient (Wildman–Crippen LogP) is 4.61. The van der Waals surface area contributed by atoms with Gasteiger partial charge in [0.05, 0.1) is 0 Å². The number of allylic oxidation sites excluding steroid dienone is 1. The van der Waals surface area contributed by atoms with Crippen molar-refractivity contribution in [2.24, 2.45) is 0 Å². The SMILES string of the molecule is C=CC(=O)SC(C)CSC(C)CC1=CSCS1. The van der Waals surface area contributed by atoms with Gasteiger partial charge in [0, 0.05) is 21.3 Å². The van der Waals surface area contributed by atoms with Crippen molar-refractivity contribution in [3.05, 3.63) is 23.0 Å². The highest BCUT2D eigenvalue weighted by molar-refractivity contribution is 8.22. The largest absolute Gasteiger partial charge is 0.282 e. The molecule has 1 nitrogen and oxygen atoms in total. The van der Waals surface area contributed by atoms with Crippen LogP contribution in [0, 0.1) is 0 Å². The van der Waals surface area contributed by atoms with Gasteiger partial charge in [-0.1, -0.05) is 32.2 Å². The first-order chi connectivity index (χ1) is 8.11. The van der Waals surface area contributed by atoms with E-state index in [9.17, 15) is 4.79 Å². The molecular weight excluding hydrogens is 288 g/mol. The quantitative estimate of drug-likeness (QED) is 0.637. The van der Waals surface area contributed by atoms with Crippen molar-refractivity contribution in [3.8, 4) is 0 Å². The van der Waals surface area contributed by atoms with Crippen LogP contribution < -0.4 is 0 Å². The van der Waals surface area contributed by atoms with Crippen LogP contribution in [0.1, 0.15) is 20.3 Å². The Morgan fingerprint density at radius 3 is 2.94 bits per heavy atom. The van der Waals surface area contributed by atoms with Gasteiger partial charge >= 0.3 is 0 Å². The first-order valence-corrected chi connectivity index (χ1v) is 9.46. The zero-order chi connectivity index (χ0) is 12.7. The zero-order valence-corrected chi connectivity index (χ0v) is 13.4. The topological polar surface area (TPSA) is 17.1 Å². The van der Waals surface area contributed by atoms with Crippen LogP contribution >= 0.6 is 47.0 Å². The molecule has 0 aromatic rings. The highest BCUT2D eigenvalue weighted by Crippen LogP contribution is 2.37. The maximum atomic E-state index is 11.2. The first kappa shape index (κ1) is 15.6. The maximum absolute atomic E-state index is 11.2. The zero-order valence-electron chi connectivity index (χ0n) is 10.2. The predicted molar refractivity (Wildman–Crippen MR) is 86.9 cm³/mol. The maximum Gasteiger partial charge on any atom is 0.211 e. The van der Waals surface area contributed by atoms with E-state index in [1.54, 1.807) is 0 Å². The van der Waals surface area contributed by atoms with Crippen LogP contribution in [0.25, 0.3) is 0 Å². The van der Waals surface area contributed by atoms with Gasteiger partial charge in [-0.3, -0.25) is 4.79 Å². The van der Waals surface area contributed by atoms with Crippen LogP contribution in [0.5, 0.6) is 0 Å². The molecule has 17 heavy (non-hydrogen) atoms. The first-order valence-electron chi connectivity index (χ1n) is 5.50. The van der Waals surface area contributed by atoms with Crippen molar-refractivity contribution >= 4 is 52.2 Å². The standard InChI is InChI=1S/C12H18OS4/c1-4-12(13)17-10(3)6-15-9(2)5-11-7-14-8-16-11/h4,7,9-10H,1,5-6,8H2,2-3H3. The second-order valence-electron chi connectivity index (χ2n) is 3.81. The summed E-state index contributed by atoms with van der Waals surface area (Å²) in [5, 5.41) is 4.53. The van der Waals surface area contributed by atoms with Crippen LogP contribution in [0.15, 0.2) is 23.0 Å². The smallest absolute Gasteiger partial charge is 0.211 e. The molecule has 0 saturated heterocycles. The molecule has 0 fully saturated rings. The molecule has 96 valence electrons. The number of rotatable bonds is 7. The number of hydrogen-bond donors (Lipinski definition) is 0. The molecule has 1 rings (SSSR count). The Hall–Kier alpha value is 0.550. The monoisotopic (exact) mass is 306 g/mol. The van der Waals surface area contributed by atoms with Gasteiger partial charge in [0.15, 0.2) is 0 Å². The number of thioether (sulfide) groups is 4. The van der Waals surface area contributed by atoms with E-state index in [1.165, 1.54) is 27.8 Å². The van der Waals surface area contributed by atoms with Crippen molar-refractivity contribution in [2.75, 3.05) is 10.8 Å². The summed E-state index contributed by atoms with van der Waals surface area (Å²) in [6, 6.07) is 0. The summed E-state index contributed by atoms with van der Waals surface area (Å²) >= 11 is 7.18. The van der Waals surface area contributed by atoms with E-state index >= 15 is 0 Å². The van der Waals surface area contributed by atoms with Gasteiger partial charge in [-0.05, 0) is 22.8 Å². The second-order valence-corrected chi connectivity index (χ2v) is 9.05. The van der Waals surface area contributed by atoms with Crippen LogP contribution in [0.3, 0.4) is 0 Å². The summed E-state index contributed by atoms with van der Waals surface area (Å²) < 4.78 is 0. The third-order valence-electron chi connectivity index (χ3n) is 2.12. The van der Waals surface area contributed by atoms with Gasteiger partial charge in [0.1, 0.15) is 0 Å². The Kier molecular flexibility index (Phi) is 7.91. The summed E-state index contributed by atoms with van der Waals surface area (Å²) in [7, 11) is 0. The van der Waals surface area contributed by atoms with Crippen molar-refractivity contribution in [1.29, 1.82) is 0 Å². The van der Waals surface area contributed by atoms with Gasteiger partial charge in [0.2, 0.25) is 5.12 Å². The molecule has 1 heterocycles. The van der Waals surface area contributed by atoms with E-state index in [4.69, 9.17) is 0 Å². The van der Waals surface area contributed by atoms with Gasteiger partial charge in [0.25, 0.3) is 0 Å². The lowest BCUT2D eigenvalue weighted by Crippen LogP contribution is -2.07. The highest BCUT2D eigenvalue weighted by atomic mass is 32.2. The molecule has 0 radical (unpaired) electrons. The van der Waals surface area contributed by atoms with E-state index in [2.05, 4.69) is 25.8 Å².